The highest BCUT2D eigenvalue weighted by atomic mass is 35.5. The number of piperazine rings is 1. The van der Waals surface area contributed by atoms with E-state index < -0.39 is 0 Å². The summed E-state index contributed by atoms with van der Waals surface area (Å²) in [6.45, 7) is 3.95. The van der Waals surface area contributed by atoms with Gasteiger partial charge in [0.25, 0.3) is 0 Å². The first-order valence-corrected chi connectivity index (χ1v) is 8.18. The van der Waals surface area contributed by atoms with Crippen molar-refractivity contribution in [3.63, 3.8) is 0 Å². The minimum absolute atomic E-state index is 0.612. The molecule has 0 aromatic heterocycles. The summed E-state index contributed by atoms with van der Waals surface area (Å²) >= 11 is 6.40. The summed E-state index contributed by atoms with van der Waals surface area (Å²) in [6.07, 6.45) is 0. The molecule has 0 aliphatic carbocycles. The van der Waals surface area contributed by atoms with Gasteiger partial charge in [-0.3, -0.25) is 0 Å². The van der Waals surface area contributed by atoms with Crippen LogP contribution in [0.5, 0.6) is 11.5 Å². The fraction of sp³-hybridized carbons (Fsp3) is 0.278. The van der Waals surface area contributed by atoms with Crippen molar-refractivity contribution in [2.24, 2.45) is 4.99 Å². The molecule has 0 radical (unpaired) electrons. The Hall–Kier alpha value is -2.04. The van der Waals surface area contributed by atoms with Gasteiger partial charge in [0, 0.05) is 26.2 Å². The van der Waals surface area contributed by atoms with Gasteiger partial charge in [-0.15, -0.1) is 0 Å². The number of likely N-dealkylation sites (N-methyl/N-ethyl adjacent to an activating group) is 1. The van der Waals surface area contributed by atoms with Crippen LogP contribution in [0.2, 0.25) is 5.02 Å². The van der Waals surface area contributed by atoms with Crippen LogP contribution in [0.15, 0.2) is 47.5 Å². The molecule has 2 heterocycles. The molecular weight excluding hydrogens is 310 g/mol. The van der Waals surface area contributed by atoms with Gasteiger partial charge in [-0.1, -0.05) is 29.8 Å². The molecule has 0 saturated carbocycles. The molecule has 0 unspecified atom stereocenters. The Morgan fingerprint density at radius 3 is 2.61 bits per heavy atom. The predicted octanol–water partition coefficient (Wildman–Crippen LogP) is 3.77. The van der Waals surface area contributed by atoms with E-state index in [1.165, 1.54) is 0 Å². The van der Waals surface area contributed by atoms with Gasteiger partial charge in [0.2, 0.25) is 0 Å². The number of fused-ring (bicyclic) bond motifs is 2. The summed E-state index contributed by atoms with van der Waals surface area (Å²) in [5.74, 6) is 2.38. The predicted molar refractivity (Wildman–Crippen MR) is 93.2 cm³/mol. The average molecular weight is 328 g/mol. The van der Waals surface area contributed by atoms with E-state index in [1.807, 2.05) is 42.5 Å². The number of benzene rings is 2. The lowest BCUT2D eigenvalue weighted by molar-refractivity contribution is 0.215. The maximum Gasteiger partial charge on any atom is 0.157 e. The molecule has 5 heteroatoms. The molecule has 0 atom stereocenters. The number of para-hydroxylation sites is 3. The summed E-state index contributed by atoms with van der Waals surface area (Å²) in [4.78, 5) is 9.56. The fourth-order valence-electron chi connectivity index (χ4n) is 2.97. The highest BCUT2D eigenvalue weighted by Crippen LogP contribution is 2.41. The first-order chi connectivity index (χ1) is 11.2. The molecule has 0 N–H and O–H groups in total. The number of hydrogen-bond acceptors (Lipinski definition) is 4. The number of halogens is 1. The molecular formula is C18H18ClN3O. The van der Waals surface area contributed by atoms with Crippen LogP contribution in [0.3, 0.4) is 0 Å². The molecule has 2 aliphatic heterocycles. The zero-order valence-corrected chi connectivity index (χ0v) is 13.8. The van der Waals surface area contributed by atoms with Crippen molar-refractivity contribution >= 4 is 23.1 Å². The third-order valence-corrected chi connectivity index (χ3v) is 4.61. The van der Waals surface area contributed by atoms with Gasteiger partial charge in [-0.2, -0.15) is 0 Å². The maximum atomic E-state index is 6.40. The molecule has 2 aromatic rings. The first-order valence-electron chi connectivity index (χ1n) is 7.80. The molecule has 2 aliphatic rings. The van der Waals surface area contributed by atoms with Crippen molar-refractivity contribution in [2.75, 3.05) is 33.2 Å². The van der Waals surface area contributed by atoms with Crippen LogP contribution in [-0.4, -0.2) is 48.9 Å². The van der Waals surface area contributed by atoms with Gasteiger partial charge in [-0.25, -0.2) is 4.99 Å². The Kier molecular flexibility index (Phi) is 3.71. The second-order valence-electron chi connectivity index (χ2n) is 5.91. The van der Waals surface area contributed by atoms with E-state index in [9.17, 15) is 0 Å². The van der Waals surface area contributed by atoms with E-state index in [1.54, 1.807) is 0 Å². The lowest BCUT2D eigenvalue weighted by atomic mass is 10.1. The van der Waals surface area contributed by atoms with Crippen molar-refractivity contribution in [3.8, 4) is 11.5 Å². The van der Waals surface area contributed by atoms with Gasteiger partial charge in [0.05, 0.1) is 10.6 Å². The number of rotatable bonds is 0. The zero-order valence-electron chi connectivity index (χ0n) is 13.0. The van der Waals surface area contributed by atoms with Crippen molar-refractivity contribution < 1.29 is 4.74 Å². The second kappa shape index (κ2) is 5.87. The summed E-state index contributed by atoms with van der Waals surface area (Å²) < 4.78 is 6.09. The molecule has 2 aromatic carbocycles. The summed E-state index contributed by atoms with van der Waals surface area (Å²) in [6, 6.07) is 13.7. The molecule has 1 saturated heterocycles. The molecule has 0 amide bonds. The van der Waals surface area contributed by atoms with Gasteiger partial charge < -0.3 is 14.5 Å². The van der Waals surface area contributed by atoms with E-state index >= 15 is 0 Å². The van der Waals surface area contributed by atoms with Crippen molar-refractivity contribution in [3.05, 3.63) is 53.1 Å². The normalized spacial score (nSPS) is 17.7. The topological polar surface area (TPSA) is 28.1 Å². The minimum atomic E-state index is 0.612. The Morgan fingerprint density at radius 1 is 1.00 bits per heavy atom. The molecule has 0 bridgehead atoms. The molecule has 1 fully saturated rings. The zero-order chi connectivity index (χ0) is 15.8. The Balaban J connectivity index is 1.85. The first kappa shape index (κ1) is 14.5. The Bertz CT molecular complexity index is 767. The third-order valence-electron chi connectivity index (χ3n) is 4.31. The SMILES string of the molecule is CN1CCN(C2=Nc3ccccc3Oc3c(Cl)cccc32)CC1. The minimum Gasteiger partial charge on any atom is -0.453 e. The number of amidine groups is 1. The largest absolute Gasteiger partial charge is 0.453 e. The van der Waals surface area contributed by atoms with E-state index in [-0.39, 0.29) is 0 Å². The number of hydrogen-bond donors (Lipinski definition) is 0. The number of aliphatic imine (C=N–C) groups is 1. The van der Waals surface area contributed by atoms with Gasteiger partial charge in [0.1, 0.15) is 11.5 Å². The second-order valence-corrected chi connectivity index (χ2v) is 6.32. The molecule has 0 spiro atoms. The van der Waals surface area contributed by atoms with Gasteiger partial charge in [0.15, 0.2) is 11.5 Å². The van der Waals surface area contributed by atoms with E-state index in [0.29, 0.717) is 10.8 Å². The van der Waals surface area contributed by atoms with Crippen LogP contribution in [-0.2, 0) is 0 Å². The molecule has 23 heavy (non-hydrogen) atoms. The highest BCUT2D eigenvalue weighted by molar-refractivity contribution is 6.33. The standard InChI is InChI=1S/C18H18ClN3O/c1-21-9-11-22(12-10-21)18-13-5-4-6-14(19)17(13)23-16-8-3-2-7-15(16)20-18/h2-8H,9-12H2,1H3. The summed E-state index contributed by atoms with van der Waals surface area (Å²) in [5, 5.41) is 0.612. The average Bonchev–Trinajstić information content (AvgIpc) is 2.73. The maximum absolute atomic E-state index is 6.40. The van der Waals surface area contributed by atoms with Crippen LogP contribution < -0.4 is 4.74 Å². The van der Waals surface area contributed by atoms with E-state index in [4.69, 9.17) is 21.3 Å². The highest BCUT2D eigenvalue weighted by Gasteiger charge is 2.26. The monoisotopic (exact) mass is 327 g/mol. The van der Waals surface area contributed by atoms with Crippen molar-refractivity contribution in [2.45, 2.75) is 0 Å². The molecule has 4 rings (SSSR count). The molecule has 4 nitrogen and oxygen atoms in total. The summed E-state index contributed by atoms with van der Waals surface area (Å²) in [7, 11) is 2.15. The fourth-order valence-corrected chi connectivity index (χ4v) is 3.18. The van der Waals surface area contributed by atoms with Crippen LogP contribution >= 0.6 is 11.6 Å². The number of ether oxygens (including phenoxy) is 1. The van der Waals surface area contributed by atoms with E-state index in [2.05, 4.69) is 16.8 Å². The lowest BCUT2D eigenvalue weighted by Gasteiger charge is -2.34. The molecule has 118 valence electrons. The summed E-state index contributed by atoms with van der Waals surface area (Å²) in [5.41, 5.74) is 1.80. The van der Waals surface area contributed by atoms with E-state index in [0.717, 1.165) is 49.0 Å². The number of nitrogens with zero attached hydrogens (tertiary/aromatic N) is 3. The van der Waals surface area contributed by atoms with Gasteiger partial charge in [-0.05, 0) is 31.3 Å². The Morgan fingerprint density at radius 2 is 1.78 bits per heavy atom. The Labute approximate surface area is 140 Å². The van der Waals surface area contributed by atoms with Crippen LogP contribution in [0.1, 0.15) is 5.56 Å². The van der Waals surface area contributed by atoms with Crippen LogP contribution in [0, 0.1) is 0 Å². The van der Waals surface area contributed by atoms with Crippen LogP contribution in [0.4, 0.5) is 5.69 Å². The van der Waals surface area contributed by atoms with Crippen LogP contribution in [0.25, 0.3) is 0 Å². The quantitative estimate of drug-likeness (QED) is 0.737. The third kappa shape index (κ3) is 2.69. The lowest BCUT2D eigenvalue weighted by Crippen LogP contribution is -2.47. The van der Waals surface area contributed by atoms with Gasteiger partial charge >= 0.3 is 0 Å². The smallest absolute Gasteiger partial charge is 0.157 e. The van der Waals surface area contributed by atoms with Crippen molar-refractivity contribution in [1.82, 2.24) is 9.80 Å². The van der Waals surface area contributed by atoms with Crippen molar-refractivity contribution in [1.29, 1.82) is 0 Å².